The Morgan fingerprint density at radius 3 is 1.13 bits per heavy atom. The van der Waals surface area contributed by atoms with Crippen LogP contribution in [-0.4, -0.2) is 81.3 Å². The first kappa shape index (κ1) is 21.4. The van der Waals surface area contributed by atoms with E-state index in [4.69, 9.17) is 10.2 Å². The Bertz CT molecular complexity index is 293. The van der Waals surface area contributed by atoms with E-state index in [1.54, 1.807) is 0 Å². The zero-order chi connectivity index (χ0) is 9.14. The predicted octanol–water partition coefficient (Wildman–Crippen LogP) is -0.217. The Kier molecular flexibility index (Phi) is 14.6. The summed E-state index contributed by atoms with van der Waals surface area (Å²) >= 11 is 0. The number of benzene rings is 1. The quantitative estimate of drug-likeness (QED) is 0.657. The molecule has 0 aliphatic heterocycles. The second-order valence-corrected chi connectivity index (χ2v) is 2.19. The molecule has 0 aliphatic rings. The van der Waals surface area contributed by atoms with Crippen molar-refractivity contribution in [1.29, 1.82) is 0 Å². The van der Waals surface area contributed by atoms with Gasteiger partial charge in [-0.3, -0.25) is 0 Å². The summed E-state index contributed by atoms with van der Waals surface area (Å²) in [5.74, 6) is -2.13. The molecule has 15 heavy (non-hydrogen) atoms. The van der Waals surface area contributed by atoms with Gasteiger partial charge in [-0.15, -0.1) is 0 Å². The van der Waals surface area contributed by atoms with Gasteiger partial charge < -0.3 is 10.2 Å². The van der Waals surface area contributed by atoms with Gasteiger partial charge in [-0.2, -0.15) is 0 Å². The minimum absolute atomic E-state index is 0. The minimum atomic E-state index is -1.06. The molecule has 7 heteroatoms. The zero-order valence-electron chi connectivity index (χ0n) is 6.73. The molecule has 0 atom stereocenters. The Morgan fingerprint density at radius 1 is 0.800 bits per heavy atom. The van der Waals surface area contributed by atoms with E-state index in [-0.39, 0.29) is 97.9 Å². The third-order valence-corrected chi connectivity index (χ3v) is 1.38. The van der Waals surface area contributed by atoms with Crippen molar-refractivity contribution >= 4 is 71.1 Å². The molecule has 0 amide bonds. The number of carbonyl (C=O) groups is 2. The predicted molar refractivity (Wildman–Crippen MR) is 54.7 cm³/mol. The number of aromatic carboxylic acids is 2. The third-order valence-electron chi connectivity index (χ3n) is 1.38. The molecule has 4 nitrogen and oxygen atoms in total. The van der Waals surface area contributed by atoms with E-state index in [1.165, 1.54) is 24.3 Å². The first-order valence-electron chi connectivity index (χ1n) is 3.18. The third kappa shape index (κ3) is 7.10. The van der Waals surface area contributed by atoms with E-state index >= 15 is 0 Å². The molecule has 0 spiro atoms. The van der Waals surface area contributed by atoms with E-state index in [0.29, 0.717) is 0 Å². The normalized spacial score (nSPS) is 7.47. The van der Waals surface area contributed by atoms with Gasteiger partial charge in [0, 0.05) is 27.7 Å². The number of rotatable bonds is 2. The molecular weight excluding hydrogens is 407 g/mol. The van der Waals surface area contributed by atoms with E-state index in [0.717, 1.165) is 0 Å². The molecular formula is C8H8HgNa2O4. The van der Waals surface area contributed by atoms with Crippen molar-refractivity contribution in [2.45, 2.75) is 0 Å². The fourth-order valence-electron chi connectivity index (χ4n) is 0.755. The van der Waals surface area contributed by atoms with E-state index in [2.05, 4.69) is 0 Å². The maximum atomic E-state index is 10.3. The average Bonchev–Trinajstić information content (AvgIpc) is 2.04. The second-order valence-electron chi connectivity index (χ2n) is 2.19. The number of carboxylic acid groups (broad SMARTS) is 2. The van der Waals surface area contributed by atoms with Crippen molar-refractivity contribution in [1.82, 2.24) is 0 Å². The molecule has 2 N–H and O–H groups in total. The fraction of sp³-hybridized carbons (Fsp3) is 0. The summed E-state index contributed by atoms with van der Waals surface area (Å²) in [6.07, 6.45) is 0. The van der Waals surface area contributed by atoms with Crippen molar-refractivity contribution in [2.75, 3.05) is 0 Å². The monoisotopic (exact) mass is 416 g/mol. The van der Waals surface area contributed by atoms with Crippen molar-refractivity contribution < 1.29 is 47.5 Å². The molecule has 0 radical (unpaired) electrons. The molecule has 0 heterocycles. The molecule has 0 saturated carbocycles. The summed E-state index contributed by atoms with van der Waals surface area (Å²) < 4.78 is 0. The molecule has 0 bridgehead atoms. The molecule has 68 valence electrons. The van der Waals surface area contributed by atoms with Gasteiger partial charge in [0.1, 0.15) is 0 Å². The molecule has 1 rings (SSSR count). The van der Waals surface area contributed by atoms with Crippen LogP contribution in [0.4, 0.5) is 0 Å². The molecule has 0 aromatic heterocycles. The van der Waals surface area contributed by atoms with Crippen LogP contribution < -0.4 is 0 Å². The average molecular weight is 415 g/mol. The number of carboxylic acids is 2. The standard InChI is InChI=1S/C8H6O4.Hg.2Na.2H/c9-7(10)5-1-2-6(4-3-5)8(11)12;;;;;/h1-4H,(H,9,10)(H,11,12);;;;;. The zero-order valence-corrected chi connectivity index (χ0v) is 12.2. The molecule has 0 aliphatic carbocycles. The van der Waals surface area contributed by atoms with Crippen molar-refractivity contribution in [3.05, 3.63) is 35.4 Å². The number of hydrogen-bond acceptors (Lipinski definition) is 2. The van der Waals surface area contributed by atoms with Gasteiger partial charge in [0.2, 0.25) is 0 Å². The molecule has 0 unspecified atom stereocenters. The Morgan fingerprint density at radius 2 is 1.00 bits per heavy atom. The second kappa shape index (κ2) is 10.3. The van der Waals surface area contributed by atoms with Crippen LogP contribution >= 0.6 is 0 Å². The van der Waals surface area contributed by atoms with Crippen LogP contribution in [0.1, 0.15) is 20.7 Å². The Hall–Kier alpha value is 1.10. The molecule has 0 saturated heterocycles. The van der Waals surface area contributed by atoms with E-state index in [1.807, 2.05) is 0 Å². The summed E-state index contributed by atoms with van der Waals surface area (Å²) in [5, 5.41) is 16.9. The Labute approximate surface area is 152 Å². The van der Waals surface area contributed by atoms with Gasteiger partial charge in [-0.25, -0.2) is 9.59 Å². The van der Waals surface area contributed by atoms with Gasteiger partial charge in [0.15, 0.2) is 0 Å². The maximum absolute atomic E-state index is 10.3. The van der Waals surface area contributed by atoms with Crippen LogP contribution in [0, 0.1) is 0 Å². The van der Waals surface area contributed by atoms with Crippen molar-refractivity contribution in [3.8, 4) is 0 Å². The van der Waals surface area contributed by atoms with Crippen LogP contribution in [0.25, 0.3) is 0 Å². The molecule has 1 aromatic carbocycles. The van der Waals surface area contributed by atoms with Gasteiger partial charge in [0.05, 0.1) is 11.1 Å². The first-order valence-corrected chi connectivity index (χ1v) is 3.18. The van der Waals surface area contributed by atoms with E-state index < -0.39 is 11.9 Å². The molecule has 0 fully saturated rings. The van der Waals surface area contributed by atoms with Gasteiger partial charge >= 0.3 is 71.1 Å². The number of hydrogen-bond donors (Lipinski definition) is 2. The van der Waals surface area contributed by atoms with Gasteiger partial charge in [0.25, 0.3) is 0 Å². The van der Waals surface area contributed by atoms with Crippen LogP contribution in [-0.2, 0) is 27.7 Å². The van der Waals surface area contributed by atoms with Gasteiger partial charge in [-0.05, 0) is 24.3 Å². The molecule has 1 aromatic rings. The SMILES string of the molecule is O=C(O)c1ccc(C(=O)O)cc1.[Hg].[NaH].[NaH]. The van der Waals surface area contributed by atoms with Crippen molar-refractivity contribution in [3.63, 3.8) is 0 Å². The van der Waals surface area contributed by atoms with Crippen LogP contribution in [0.5, 0.6) is 0 Å². The fourth-order valence-corrected chi connectivity index (χ4v) is 0.755. The van der Waals surface area contributed by atoms with Crippen molar-refractivity contribution in [2.24, 2.45) is 0 Å². The summed E-state index contributed by atoms with van der Waals surface area (Å²) in [6.45, 7) is 0. The van der Waals surface area contributed by atoms with Crippen LogP contribution in [0.15, 0.2) is 24.3 Å². The first-order chi connectivity index (χ1) is 5.61. The Balaban J connectivity index is -0.000000480. The summed E-state index contributed by atoms with van der Waals surface area (Å²) in [5.41, 5.74) is 0.167. The topological polar surface area (TPSA) is 74.6 Å². The summed E-state index contributed by atoms with van der Waals surface area (Å²) in [7, 11) is 0. The van der Waals surface area contributed by atoms with Crippen LogP contribution in [0.2, 0.25) is 0 Å². The summed E-state index contributed by atoms with van der Waals surface area (Å²) in [6, 6.07) is 5.02. The van der Waals surface area contributed by atoms with E-state index in [9.17, 15) is 9.59 Å². The van der Waals surface area contributed by atoms with Crippen LogP contribution in [0.3, 0.4) is 0 Å². The summed E-state index contributed by atoms with van der Waals surface area (Å²) in [4.78, 5) is 20.7. The van der Waals surface area contributed by atoms with Gasteiger partial charge in [-0.1, -0.05) is 0 Å².